The maximum atomic E-state index is 12.8. The summed E-state index contributed by atoms with van der Waals surface area (Å²) in [6.45, 7) is 1.46. The van der Waals surface area contributed by atoms with Crippen molar-refractivity contribution in [3.63, 3.8) is 0 Å². The Balaban J connectivity index is 2.54. The Morgan fingerprint density at radius 3 is 2.05 bits per heavy atom. The standard InChI is InChI=1S/C12H17F5N2O2S/c1-2-3-5-18-6-8-19(9-7-18)22(20,21)10-4-11(13,14)12(15,16)17/h1H,3-10H2. The lowest BCUT2D eigenvalue weighted by atomic mass is 10.2. The fourth-order valence-electron chi connectivity index (χ4n) is 1.98. The molecule has 0 spiro atoms. The second kappa shape index (κ2) is 7.10. The van der Waals surface area contributed by atoms with Crippen LogP contribution in [-0.2, 0) is 10.0 Å². The smallest absolute Gasteiger partial charge is 0.300 e. The number of alkyl halides is 5. The van der Waals surface area contributed by atoms with Crippen LogP contribution in [0.15, 0.2) is 0 Å². The molecule has 0 aromatic carbocycles. The minimum Gasteiger partial charge on any atom is -0.300 e. The van der Waals surface area contributed by atoms with Crippen LogP contribution in [0.4, 0.5) is 22.0 Å². The highest BCUT2D eigenvalue weighted by Crippen LogP contribution is 2.38. The highest BCUT2D eigenvalue weighted by molar-refractivity contribution is 7.89. The van der Waals surface area contributed by atoms with Gasteiger partial charge in [0.1, 0.15) is 0 Å². The molecule has 0 aromatic rings. The molecule has 10 heteroatoms. The summed E-state index contributed by atoms with van der Waals surface area (Å²) in [5.41, 5.74) is 0. The average molecular weight is 348 g/mol. The monoisotopic (exact) mass is 348 g/mol. The van der Waals surface area contributed by atoms with E-state index in [1.165, 1.54) is 0 Å². The topological polar surface area (TPSA) is 40.6 Å². The molecule has 1 saturated heterocycles. The van der Waals surface area contributed by atoms with Crippen molar-refractivity contribution in [3.05, 3.63) is 0 Å². The lowest BCUT2D eigenvalue weighted by Crippen LogP contribution is -2.50. The predicted molar refractivity (Wildman–Crippen MR) is 70.9 cm³/mol. The number of nitrogens with zero attached hydrogens (tertiary/aromatic N) is 2. The van der Waals surface area contributed by atoms with Gasteiger partial charge in [-0.2, -0.15) is 26.3 Å². The molecule has 1 fully saturated rings. The Morgan fingerprint density at radius 2 is 1.59 bits per heavy atom. The van der Waals surface area contributed by atoms with Crippen molar-refractivity contribution in [2.24, 2.45) is 0 Å². The Hall–Kier alpha value is -0.920. The van der Waals surface area contributed by atoms with Gasteiger partial charge in [0.25, 0.3) is 0 Å². The van der Waals surface area contributed by atoms with E-state index in [9.17, 15) is 30.4 Å². The van der Waals surface area contributed by atoms with Crippen LogP contribution in [-0.4, -0.2) is 68.2 Å². The molecular formula is C12H17F5N2O2S. The van der Waals surface area contributed by atoms with E-state index in [1.54, 1.807) is 0 Å². The minimum absolute atomic E-state index is 0.0600. The van der Waals surface area contributed by atoms with Gasteiger partial charge in [-0.05, 0) is 0 Å². The van der Waals surface area contributed by atoms with Gasteiger partial charge in [0.05, 0.1) is 5.75 Å². The molecule has 4 nitrogen and oxygen atoms in total. The molecule has 1 aliphatic rings. The Morgan fingerprint density at radius 1 is 1.05 bits per heavy atom. The lowest BCUT2D eigenvalue weighted by molar-refractivity contribution is -0.282. The molecule has 1 rings (SSSR count). The Bertz CT molecular complexity index is 505. The van der Waals surface area contributed by atoms with Crippen molar-refractivity contribution in [1.82, 2.24) is 9.21 Å². The third-order valence-electron chi connectivity index (χ3n) is 3.39. The molecule has 0 amide bonds. The normalized spacial score (nSPS) is 19.1. The van der Waals surface area contributed by atoms with E-state index < -0.39 is 34.3 Å². The number of hydrogen-bond donors (Lipinski definition) is 0. The molecule has 1 heterocycles. The van der Waals surface area contributed by atoms with Gasteiger partial charge in [-0.15, -0.1) is 12.3 Å². The number of hydrogen-bond acceptors (Lipinski definition) is 3. The first-order valence-corrected chi connectivity index (χ1v) is 8.19. The van der Waals surface area contributed by atoms with Crippen LogP contribution < -0.4 is 0 Å². The summed E-state index contributed by atoms with van der Waals surface area (Å²) in [4.78, 5) is 1.91. The third kappa shape index (κ3) is 5.07. The van der Waals surface area contributed by atoms with Crippen molar-refractivity contribution < 1.29 is 30.4 Å². The van der Waals surface area contributed by atoms with Crippen molar-refractivity contribution in [1.29, 1.82) is 0 Å². The van der Waals surface area contributed by atoms with Crippen molar-refractivity contribution in [2.75, 3.05) is 38.5 Å². The van der Waals surface area contributed by atoms with Gasteiger partial charge >= 0.3 is 12.1 Å². The summed E-state index contributed by atoms with van der Waals surface area (Å²) in [6.07, 6.45) is -1.89. The summed E-state index contributed by atoms with van der Waals surface area (Å²) >= 11 is 0. The number of sulfonamides is 1. The van der Waals surface area contributed by atoms with Crippen LogP contribution in [0.25, 0.3) is 0 Å². The van der Waals surface area contributed by atoms with Crippen molar-refractivity contribution >= 4 is 10.0 Å². The molecule has 0 N–H and O–H groups in total. The average Bonchev–Trinajstić information content (AvgIpc) is 2.42. The molecule has 0 saturated carbocycles. The van der Waals surface area contributed by atoms with Crippen LogP contribution in [0.1, 0.15) is 12.8 Å². The van der Waals surface area contributed by atoms with Crippen molar-refractivity contribution in [2.45, 2.75) is 24.9 Å². The van der Waals surface area contributed by atoms with Crippen LogP contribution in [0.2, 0.25) is 0 Å². The fraction of sp³-hybridized carbons (Fsp3) is 0.833. The predicted octanol–water partition coefficient (Wildman–Crippen LogP) is 1.54. The van der Waals surface area contributed by atoms with Gasteiger partial charge in [-0.1, -0.05) is 0 Å². The molecule has 0 bridgehead atoms. The second-order valence-electron chi connectivity index (χ2n) is 4.96. The van der Waals surface area contributed by atoms with Crippen LogP contribution in [0, 0.1) is 12.3 Å². The zero-order valence-corrected chi connectivity index (χ0v) is 12.6. The fourth-order valence-corrected chi connectivity index (χ4v) is 3.47. The van der Waals surface area contributed by atoms with Crippen LogP contribution in [0.5, 0.6) is 0 Å². The number of terminal acetylenes is 1. The molecule has 0 aromatic heterocycles. The van der Waals surface area contributed by atoms with Gasteiger partial charge < -0.3 is 0 Å². The molecule has 1 aliphatic heterocycles. The van der Waals surface area contributed by atoms with E-state index in [0.29, 0.717) is 26.1 Å². The SMILES string of the molecule is C#CCCN1CCN(S(=O)(=O)CCC(F)(F)C(F)(F)F)CC1. The van der Waals surface area contributed by atoms with E-state index in [0.717, 1.165) is 4.31 Å². The first-order chi connectivity index (χ1) is 9.99. The summed E-state index contributed by atoms with van der Waals surface area (Å²) in [5, 5.41) is 0. The van der Waals surface area contributed by atoms with Gasteiger partial charge in [0, 0.05) is 45.6 Å². The van der Waals surface area contributed by atoms with Crippen LogP contribution in [0.3, 0.4) is 0 Å². The maximum absolute atomic E-state index is 12.8. The van der Waals surface area contributed by atoms with Crippen LogP contribution >= 0.6 is 0 Å². The summed E-state index contributed by atoms with van der Waals surface area (Å²) < 4.78 is 86.4. The molecule has 0 aliphatic carbocycles. The zero-order valence-electron chi connectivity index (χ0n) is 11.7. The number of rotatable bonds is 6. The highest BCUT2D eigenvalue weighted by atomic mass is 32.2. The van der Waals surface area contributed by atoms with Gasteiger partial charge in [0.15, 0.2) is 0 Å². The summed E-state index contributed by atoms with van der Waals surface area (Å²) in [6, 6.07) is 0. The second-order valence-corrected chi connectivity index (χ2v) is 7.05. The molecule has 0 radical (unpaired) electrons. The number of halogens is 5. The summed E-state index contributed by atoms with van der Waals surface area (Å²) in [7, 11) is -4.13. The van der Waals surface area contributed by atoms with Gasteiger partial charge in [0.2, 0.25) is 10.0 Å². The highest BCUT2D eigenvalue weighted by Gasteiger charge is 2.57. The number of piperazine rings is 1. The molecule has 128 valence electrons. The maximum Gasteiger partial charge on any atom is 0.453 e. The van der Waals surface area contributed by atoms with Gasteiger partial charge in [-0.25, -0.2) is 8.42 Å². The first-order valence-electron chi connectivity index (χ1n) is 6.58. The van der Waals surface area contributed by atoms with E-state index >= 15 is 0 Å². The van der Waals surface area contributed by atoms with E-state index in [-0.39, 0.29) is 13.1 Å². The quantitative estimate of drug-likeness (QED) is 0.540. The largest absolute Gasteiger partial charge is 0.453 e. The molecule has 0 unspecified atom stereocenters. The zero-order chi connectivity index (χ0) is 17.0. The molecular weight excluding hydrogens is 331 g/mol. The molecule has 0 atom stereocenters. The van der Waals surface area contributed by atoms with Gasteiger partial charge in [-0.3, -0.25) is 4.90 Å². The Labute approximate surface area is 126 Å². The third-order valence-corrected chi connectivity index (χ3v) is 5.26. The van der Waals surface area contributed by atoms with E-state index in [4.69, 9.17) is 6.42 Å². The lowest BCUT2D eigenvalue weighted by Gasteiger charge is -2.34. The summed E-state index contributed by atoms with van der Waals surface area (Å²) in [5.74, 6) is -3.79. The first kappa shape index (κ1) is 19.1. The van der Waals surface area contributed by atoms with E-state index in [2.05, 4.69) is 5.92 Å². The minimum atomic E-state index is -5.74. The molecule has 22 heavy (non-hydrogen) atoms. The Kier molecular flexibility index (Phi) is 6.18. The van der Waals surface area contributed by atoms with E-state index in [1.807, 2.05) is 4.90 Å². The van der Waals surface area contributed by atoms with Crippen molar-refractivity contribution in [3.8, 4) is 12.3 Å².